The number of nitrogens with one attached hydrogen (secondary N) is 1. The van der Waals surface area contributed by atoms with Crippen LogP contribution in [-0.4, -0.2) is 30.1 Å². The molecule has 1 aliphatic heterocycles. The average Bonchev–Trinajstić information content (AvgIpc) is 2.18. The predicted molar refractivity (Wildman–Crippen MR) is 51.4 cm³/mol. The van der Waals surface area contributed by atoms with Crippen molar-refractivity contribution in [2.75, 3.05) is 6.54 Å². The number of amides is 1. The van der Waals surface area contributed by atoms with Crippen LogP contribution < -0.4 is 5.32 Å². The van der Waals surface area contributed by atoms with E-state index in [-0.39, 0.29) is 5.91 Å². The maximum atomic E-state index is 11.3. The first-order valence-corrected chi connectivity index (χ1v) is 4.34. The molecular formula is C9H10BNO2. The van der Waals surface area contributed by atoms with Gasteiger partial charge in [0.05, 0.1) is 0 Å². The molecule has 0 spiro atoms. The van der Waals surface area contributed by atoms with Gasteiger partial charge in [0.15, 0.2) is 0 Å². The third-order valence-electron chi connectivity index (χ3n) is 2.34. The summed E-state index contributed by atoms with van der Waals surface area (Å²) in [6, 6.07) is 0. The molecule has 1 heterocycles. The third kappa shape index (κ3) is 1.44. The number of fused-ring (bicyclic) bond motifs is 1. The summed E-state index contributed by atoms with van der Waals surface area (Å²) in [7, 11) is 1.10. The third-order valence-corrected chi connectivity index (χ3v) is 2.34. The molecule has 13 heavy (non-hydrogen) atoms. The van der Waals surface area contributed by atoms with E-state index < -0.39 is 0 Å². The van der Waals surface area contributed by atoms with Crippen molar-refractivity contribution in [2.24, 2.45) is 0 Å². The number of hydrogen-bond donors (Lipinski definition) is 2. The van der Waals surface area contributed by atoms with Crippen LogP contribution in [0, 0.1) is 0 Å². The second-order valence-corrected chi connectivity index (χ2v) is 3.20. The zero-order valence-corrected chi connectivity index (χ0v) is 7.21. The molecule has 4 heteroatoms. The minimum absolute atomic E-state index is 0.00879. The number of hydrogen-bond acceptors (Lipinski definition) is 2. The second kappa shape index (κ2) is 3.20. The monoisotopic (exact) mass is 175 g/mol. The number of carbonyl (C=O) groups excluding carboxylic acids is 1. The van der Waals surface area contributed by atoms with Crippen LogP contribution in [0.1, 0.15) is 12.8 Å². The maximum absolute atomic E-state index is 11.3. The summed E-state index contributed by atoms with van der Waals surface area (Å²) in [5.74, 6) is 0.00879. The summed E-state index contributed by atoms with van der Waals surface area (Å²) in [6.45, 7) is 0.695. The summed E-state index contributed by atoms with van der Waals surface area (Å²) in [5, 5.41) is 11.6. The number of piperidine rings is 1. The topological polar surface area (TPSA) is 49.3 Å². The quantitative estimate of drug-likeness (QED) is 0.489. The van der Waals surface area contributed by atoms with Crippen molar-refractivity contribution < 1.29 is 9.82 Å². The normalized spacial score (nSPS) is 24.0. The molecule has 0 unspecified atom stereocenters. The van der Waals surface area contributed by atoms with Crippen LogP contribution in [0.4, 0.5) is 0 Å². The molecule has 1 amide bonds. The summed E-state index contributed by atoms with van der Waals surface area (Å²) >= 11 is 0. The van der Waals surface area contributed by atoms with Gasteiger partial charge >= 0.3 is 76.3 Å². The molecule has 1 fully saturated rings. The van der Waals surface area contributed by atoms with Crippen LogP contribution >= 0.6 is 0 Å². The van der Waals surface area contributed by atoms with Crippen LogP contribution in [0.25, 0.3) is 0 Å². The first-order valence-electron chi connectivity index (χ1n) is 4.34. The first-order chi connectivity index (χ1) is 6.31. The molecule has 0 aromatic heterocycles. The molecule has 2 aliphatic rings. The van der Waals surface area contributed by atoms with Crippen molar-refractivity contribution in [3.8, 4) is 0 Å². The standard InChI is InChI=1S/C9H10BNO2/c12-9-8-2-1-7(10-13)5-6(8)3-4-11-9/h2,5,13H,1,3-4H2,(H,11,12). The van der Waals surface area contributed by atoms with Gasteiger partial charge in [-0.1, -0.05) is 0 Å². The van der Waals surface area contributed by atoms with E-state index in [1.807, 2.05) is 12.2 Å². The summed E-state index contributed by atoms with van der Waals surface area (Å²) < 4.78 is 0. The Bertz CT molecular complexity index is 342. The van der Waals surface area contributed by atoms with Gasteiger partial charge in [-0.15, -0.1) is 0 Å². The average molecular weight is 175 g/mol. The summed E-state index contributed by atoms with van der Waals surface area (Å²) in [4.78, 5) is 11.3. The molecule has 0 bridgehead atoms. The SMILES string of the molecule is O=C1NCCC2=CC(=BO)CC=C12. The van der Waals surface area contributed by atoms with Crippen LogP contribution in [0.3, 0.4) is 0 Å². The molecule has 0 saturated carbocycles. The Morgan fingerprint density at radius 1 is 1.54 bits per heavy atom. The van der Waals surface area contributed by atoms with E-state index in [1.165, 1.54) is 0 Å². The molecule has 2 N–H and O–H groups in total. The second-order valence-electron chi connectivity index (χ2n) is 3.20. The molecule has 1 aliphatic carbocycles. The molecule has 0 aromatic carbocycles. The Balaban J connectivity index is 2.33. The van der Waals surface area contributed by atoms with Gasteiger partial charge in [-0.2, -0.15) is 0 Å². The van der Waals surface area contributed by atoms with Crippen molar-refractivity contribution >= 4 is 18.5 Å². The fourth-order valence-corrected chi connectivity index (χ4v) is 1.65. The van der Waals surface area contributed by atoms with E-state index in [4.69, 9.17) is 5.02 Å². The number of allylic oxidation sites excluding steroid dienone is 2. The molecular weight excluding hydrogens is 165 g/mol. The van der Waals surface area contributed by atoms with Gasteiger partial charge in [0.1, 0.15) is 0 Å². The molecule has 3 nitrogen and oxygen atoms in total. The van der Waals surface area contributed by atoms with Gasteiger partial charge in [0.25, 0.3) is 0 Å². The molecule has 0 radical (unpaired) electrons. The Morgan fingerprint density at radius 2 is 2.38 bits per heavy atom. The van der Waals surface area contributed by atoms with Gasteiger partial charge in [-0.25, -0.2) is 0 Å². The van der Waals surface area contributed by atoms with Gasteiger partial charge in [0, 0.05) is 0 Å². The van der Waals surface area contributed by atoms with Crippen LogP contribution in [0.5, 0.6) is 0 Å². The van der Waals surface area contributed by atoms with Gasteiger partial charge in [-0.05, 0) is 0 Å². The molecule has 0 atom stereocenters. The minimum atomic E-state index is 0.00879. The van der Waals surface area contributed by atoms with Crippen molar-refractivity contribution in [3.63, 3.8) is 0 Å². The van der Waals surface area contributed by atoms with Crippen LogP contribution in [0.2, 0.25) is 0 Å². The molecule has 66 valence electrons. The molecule has 2 rings (SSSR count). The zero-order valence-electron chi connectivity index (χ0n) is 7.21. The Morgan fingerprint density at radius 3 is 3.15 bits per heavy atom. The van der Waals surface area contributed by atoms with Gasteiger partial charge in [-0.3, -0.25) is 0 Å². The first kappa shape index (κ1) is 8.29. The van der Waals surface area contributed by atoms with E-state index in [9.17, 15) is 4.79 Å². The molecule has 1 saturated heterocycles. The fourth-order valence-electron chi connectivity index (χ4n) is 1.65. The Hall–Kier alpha value is -1.32. The van der Waals surface area contributed by atoms with E-state index in [1.54, 1.807) is 0 Å². The van der Waals surface area contributed by atoms with E-state index in [0.29, 0.717) is 13.0 Å². The zero-order chi connectivity index (χ0) is 9.26. The van der Waals surface area contributed by atoms with Crippen LogP contribution in [0.15, 0.2) is 23.3 Å². The van der Waals surface area contributed by atoms with Crippen molar-refractivity contribution in [1.82, 2.24) is 5.32 Å². The fraction of sp³-hybridized carbons (Fsp3) is 0.333. The Kier molecular flexibility index (Phi) is 2.04. The van der Waals surface area contributed by atoms with E-state index in [2.05, 4.69) is 5.32 Å². The summed E-state index contributed by atoms with van der Waals surface area (Å²) in [5.41, 5.74) is 2.68. The number of rotatable bonds is 0. The van der Waals surface area contributed by atoms with E-state index in [0.717, 1.165) is 30.2 Å². The molecule has 0 aromatic rings. The van der Waals surface area contributed by atoms with Crippen molar-refractivity contribution in [2.45, 2.75) is 12.8 Å². The van der Waals surface area contributed by atoms with Crippen molar-refractivity contribution in [3.05, 3.63) is 23.3 Å². The van der Waals surface area contributed by atoms with E-state index >= 15 is 0 Å². The van der Waals surface area contributed by atoms with Gasteiger partial charge < -0.3 is 0 Å². The Labute approximate surface area is 77.1 Å². The van der Waals surface area contributed by atoms with Crippen LogP contribution in [-0.2, 0) is 4.79 Å². The summed E-state index contributed by atoms with van der Waals surface area (Å²) in [6.07, 6.45) is 5.26. The predicted octanol–water partition coefficient (Wildman–Crippen LogP) is -0.453. The van der Waals surface area contributed by atoms with Crippen molar-refractivity contribution in [1.29, 1.82) is 0 Å². The van der Waals surface area contributed by atoms with Gasteiger partial charge in [0.2, 0.25) is 0 Å². The number of carbonyl (C=O) groups is 1.